The maximum Gasteiger partial charge on any atom is 0.263 e. The molecular formula is C14H21ClNOPSY. The first-order valence-corrected chi connectivity index (χ1v) is 10.4. The van der Waals surface area contributed by atoms with Gasteiger partial charge in [0.05, 0.1) is 0 Å². The fourth-order valence-electron chi connectivity index (χ4n) is 2.22. The molecule has 0 saturated carbocycles. The van der Waals surface area contributed by atoms with E-state index >= 15 is 0 Å². The quantitative estimate of drug-likeness (QED) is 0.593. The maximum absolute atomic E-state index is 12.4. The molecule has 0 bridgehead atoms. The van der Waals surface area contributed by atoms with Gasteiger partial charge >= 0.3 is 0 Å². The van der Waals surface area contributed by atoms with E-state index in [0.29, 0.717) is 5.02 Å². The second kappa shape index (κ2) is 8.48. The molecule has 0 spiro atoms. The van der Waals surface area contributed by atoms with Gasteiger partial charge in [-0.2, -0.15) is 0 Å². The molecule has 1 N–H and O–H groups in total. The molecule has 20 heavy (non-hydrogen) atoms. The number of aryl methyl sites for hydroxylation is 2. The first-order valence-electron chi connectivity index (χ1n) is 6.29. The van der Waals surface area contributed by atoms with Crippen LogP contribution in [0.4, 0.5) is 5.69 Å². The van der Waals surface area contributed by atoms with Crippen LogP contribution in [0.5, 0.6) is 0 Å². The fraction of sp³-hybridized carbons (Fsp3) is 0.500. The van der Waals surface area contributed by atoms with Gasteiger partial charge in [-0.3, -0.25) is 4.79 Å². The standard InChI is InChI=1S/C14H21ClNOPS.Y/c1-6-12(18(4,5)19)14(17)16-13-9(2)7-11(15)8-10(13)3;/h7-8,12H,6H2,1-5H3,(H,16,17);. The largest absolute Gasteiger partial charge is 0.556 e. The zero-order valence-electron chi connectivity index (χ0n) is 12.7. The van der Waals surface area contributed by atoms with Gasteiger partial charge in [0.1, 0.15) is 5.66 Å². The van der Waals surface area contributed by atoms with Gasteiger partial charge in [0, 0.05) is 56.7 Å². The Morgan fingerprint density at radius 3 is 2.15 bits per heavy atom. The molecular weight excluding hydrogens is 386 g/mol. The van der Waals surface area contributed by atoms with Gasteiger partial charge in [-0.05, 0) is 43.5 Å². The summed E-state index contributed by atoms with van der Waals surface area (Å²) in [7, 11) is 0. The van der Waals surface area contributed by atoms with Crippen LogP contribution < -0.4 is 5.32 Å². The molecule has 1 radical (unpaired) electrons. The molecule has 109 valence electrons. The summed E-state index contributed by atoms with van der Waals surface area (Å²) in [5.74, 6) is 0.0318. The van der Waals surface area contributed by atoms with E-state index in [-0.39, 0.29) is 44.3 Å². The van der Waals surface area contributed by atoms with E-state index in [0.717, 1.165) is 23.2 Å². The first-order chi connectivity index (χ1) is 8.66. The summed E-state index contributed by atoms with van der Waals surface area (Å²) in [5.41, 5.74) is 2.75. The summed E-state index contributed by atoms with van der Waals surface area (Å²) in [5, 5.41) is 3.72. The van der Waals surface area contributed by atoms with E-state index in [1.54, 1.807) is 0 Å². The van der Waals surface area contributed by atoms with Gasteiger partial charge in [0.2, 0.25) is 0 Å². The number of amides is 1. The Balaban J connectivity index is 0.00000361. The SMILES string of the molecule is CCC(C(=O)Nc1c(C)cc(Cl)cc1C)[P+](C)(C)[S-].[Y]. The fourth-order valence-corrected chi connectivity index (χ4v) is 4.79. The van der Waals surface area contributed by atoms with Crippen LogP contribution in [0.1, 0.15) is 24.5 Å². The van der Waals surface area contributed by atoms with Crippen LogP contribution in [0, 0.1) is 13.8 Å². The van der Waals surface area contributed by atoms with Gasteiger partial charge in [0.25, 0.3) is 5.91 Å². The van der Waals surface area contributed by atoms with Crippen LogP contribution in [-0.4, -0.2) is 24.9 Å². The normalized spacial score (nSPS) is 12.6. The summed E-state index contributed by atoms with van der Waals surface area (Å²) >= 11 is 11.5. The maximum atomic E-state index is 12.4. The number of benzene rings is 1. The third-order valence-corrected chi connectivity index (χ3v) is 6.27. The molecule has 1 amide bonds. The molecule has 0 saturated heterocycles. The average Bonchev–Trinajstić information content (AvgIpc) is 2.22. The molecule has 0 aliphatic carbocycles. The number of anilines is 1. The van der Waals surface area contributed by atoms with Crippen LogP contribution >= 0.6 is 18.1 Å². The minimum Gasteiger partial charge on any atom is -0.556 e. The Morgan fingerprint density at radius 1 is 1.35 bits per heavy atom. The number of carbonyl (C=O) groups is 1. The van der Waals surface area contributed by atoms with Crippen molar-refractivity contribution in [3.63, 3.8) is 0 Å². The van der Waals surface area contributed by atoms with Crippen LogP contribution in [-0.2, 0) is 49.8 Å². The number of rotatable bonds is 4. The molecule has 2 nitrogen and oxygen atoms in total. The summed E-state index contributed by atoms with van der Waals surface area (Å²) < 4.78 is 0. The van der Waals surface area contributed by atoms with E-state index in [9.17, 15) is 4.79 Å². The summed E-state index contributed by atoms with van der Waals surface area (Å²) in [6.07, 6.45) is 0.780. The second-order valence-corrected chi connectivity index (χ2v) is 12.0. The smallest absolute Gasteiger partial charge is 0.263 e. The van der Waals surface area contributed by atoms with E-state index in [4.69, 9.17) is 23.8 Å². The topological polar surface area (TPSA) is 29.1 Å². The Bertz CT molecular complexity index is 468. The van der Waals surface area contributed by atoms with Gasteiger partial charge in [-0.1, -0.05) is 18.5 Å². The third kappa shape index (κ3) is 5.57. The number of carbonyl (C=O) groups excluding carboxylic acids is 1. The van der Waals surface area contributed by atoms with Crippen LogP contribution in [0.25, 0.3) is 0 Å². The molecule has 0 aromatic heterocycles. The number of hydrogen-bond acceptors (Lipinski definition) is 2. The number of nitrogens with one attached hydrogen (secondary N) is 1. The van der Waals surface area contributed by atoms with Crippen LogP contribution in [0.3, 0.4) is 0 Å². The van der Waals surface area contributed by atoms with E-state index in [1.165, 1.54) is 0 Å². The Labute approximate surface area is 158 Å². The number of hydrogen-bond donors (Lipinski definition) is 1. The molecule has 0 aliphatic heterocycles. The first kappa shape index (κ1) is 20.9. The van der Waals surface area contributed by atoms with Crippen molar-refractivity contribution >= 4 is 41.9 Å². The minimum atomic E-state index is -1.61. The van der Waals surface area contributed by atoms with Crippen molar-refractivity contribution in [3.8, 4) is 0 Å². The van der Waals surface area contributed by atoms with Crippen LogP contribution in [0.2, 0.25) is 5.02 Å². The van der Waals surface area contributed by atoms with Crippen molar-refractivity contribution in [2.45, 2.75) is 32.9 Å². The number of halogens is 1. The third-order valence-electron chi connectivity index (χ3n) is 3.19. The molecule has 0 heterocycles. The average molecular weight is 407 g/mol. The van der Waals surface area contributed by atoms with E-state index in [1.807, 2.05) is 46.2 Å². The molecule has 0 aliphatic rings. The van der Waals surface area contributed by atoms with E-state index < -0.39 is 6.46 Å². The monoisotopic (exact) mass is 406 g/mol. The van der Waals surface area contributed by atoms with Gasteiger partial charge in [-0.25, -0.2) is 0 Å². The van der Waals surface area contributed by atoms with E-state index in [2.05, 4.69) is 5.32 Å². The van der Waals surface area contributed by atoms with Gasteiger partial charge in [0.15, 0.2) is 0 Å². The predicted molar refractivity (Wildman–Crippen MR) is 89.8 cm³/mol. The molecule has 1 unspecified atom stereocenters. The summed E-state index contributed by atoms with van der Waals surface area (Å²) in [6, 6.07) is 3.72. The molecule has 1 rings (SSSR count). The summed E-state index contributed by atoms with van der Waals surface area (Å²) in [4.78, 5) is 12.4. The van der Waals surface area contributed by atoms with Crippen molar-refractivity contribution in [2.75, 3.05) is 18.6 Å². The van der Waals surface area contributed by atoms with Crippen molar-refractivity contribution < 1.29 is 37.5 Å². The summed E-state index contributed by atoms with van der Waals surface area (Å²) in [6.45, 7) is 8.35. The zero-order chi connectivity index (χ0) is 14.8. The van der Waals surface area contributed by atoms with Crippen molar-refractivity contribution in [1.82, 2.24) is 0 Å². The Hall–Kier alpha value is 0.864. The van der Waals surface area contributed by atoms with Gasteiger partial charge in [-0.15, -0.1) is 6.46 Å². The second-order valence-electron chi connectivity index (χ2n) is 5.26. The molecule has 1 aromatic rings. The molecule has 1 atom stereocenters. The van der Waals surface area contributed by atoms with Crippen molar-refractivity contribution in [1.29, 1.82) is 0 Å². The Morgan fingerprint density at radius 2 is 1.80 bits per heavy atom. The molecule has 0 fully saturated rings. The van der Waals surface area contributed by atoms with Crippen LogP contribution in [0.15, 0.2) is 12.1 Å². The van der Waals surface area contributed by atoms with Gasteiger partial charge < -0.3 is 17.6 Å². The van der Waals surface area contributed by atoms with Crippen molar-refractivity contribution in [3.05, 3.63) is 28.3 Å². The minimum absolute atomic E-state index is 0. The Kier molecular flexibility index (Phi) is 8.85. The van der Waals surface area contributed by atoms with Crippen molar-refractivity contribution in [2.24, 2.45) is 0 Å². The molecule has 6 heteroatoms. The predicted octanol–water partition coefficient (Wildman–Crippen LogP) is 4.41. The zero-order valence-corrected chi connectivity index (χ0v) is 18.0. The molecule has 1 aromatic carbocycles.